The van der Waals surface area contributed by atoms with E-state index >= 15 is 0 Å². The molecule has 10 rings (SSSR count). The van der Waals surface area contributed by atoms with E-state index in [4.69, 9.17) is 0 Å². The van der Waals surface area contributed by atoms with Gasteiger partial charge in [-0.15, -0.1) is 0 Å². The molecule has 3 nitrogen and oxygen atoms in total. The third-order valence-corrected chi connectivity index (χ3v) is 11.2. The fourth-order valence-electron chi connectivity index (χ4n) is 9.13. The molecule has 0 saturated heterocycles. The Bertz CT molecular complexity index is 2580. The van der Waals surface area contributed by atoms with E-state index in [1.54, 1.807) is 0 Å². The predicted molar refractivity (Wildman–Crippen MR) is 205 cm³/mol. The van der Waals surface area contributed by atoms with Crippen LogP contribution < -0.4 is 5.32 Å². The molecule has 7 aromatic rings. The summed E-state index contributed by atoms with van der Waals surface area (Å²) in [5, 5.41) is 9.24. The predicted octanol–water partition coefficient (Wildman–Crippen LogP) is 10.7. The lowest BCUT2D eigenvalue weighted by Gasteiger charge is -2.42. The zero-order chi connectivity index (χ0) is 32.9. The maximum absolute atomic E-state index is 3.97. The Kier molecular flexibility index (Phi) is 6.04. The Morgan fingerprint density at radius 2 is 1.43 bits per heavy atom. The number of allylic oxidation sites excluding steroid dienone is 2. The Hall–Kier alpha value is -5.64. The highest BCUT2D eigenvalue weighted by molar-refractivity contribution is 6.26. The van der Waals surface area contributed by atoms with Crippen LogP contribution in [-0.4, -0.2) is 22.6 Å². The van der Waals surface area contributed by atoms with E-state index < -0.39 is 0 Å². The zero-order valence-corrected chi connectivity index (χ0v) is 28.0. The Labute approximate surface area is 287 Å². The molecule has 1 aliphatic heterocycles. The maximum Gasteiger partial charge on any atom is 0.106 e. The van der Waals surface area contributed by atoms with Gasteiger partial charge in [-0.2, -0.15) is 0 Å². The van der Waals surface area contributed by atoms with Crippen molar-refractivity contribution in [2.75, 3.05) is 7.05 Å². The van der Waals surface area contributed by atoms with Crippen LogP contribution in [0.2, 0.25) is 0 Å². The number of nitrogens with zero attached hydrogens (tertiary/aromatic N) is 2. The SMILES string of the molecule is CN1C(c2ccccc2)=C2C=CC=CC2NC1c1cccc(-n2c3ccccc3c3c4c(c5ccccc5c32)C(C)(C)c2ccccc2-4)c1. The van der Waals surface area contributed by atoms with Crippen LogP contribution in [0.15, 0.2) is 157 Å². The molecule has 6 aromatic carbocycles. The first kappa shape index (κ1) is 28.4. The van der Waals surface area contributed by atoms with Crippen LogP contribution in [0.25, 0.3) is 55.1 Å². The van der Waals surface area contributed by atoms with E-state index in [-0.39, 0.29) is 17.6 Å². The molecule has 0 spiro atoms. The van der Waals surface area contributed by atoms with Crippen LogP contribution in [0.3, 0.4) is 0 Å². The van der Waals surface area contributed by atoms with Gasteiger partial charge in [-0.1, -0.05) is 147 Å². The molecular formula is C46H37N3. The van der Waals surface area contributed by atoms with Gasteiger partial charge in [0.15, 0.2) is 0 Å². The number of hydrogen-bond donors (Lipinski definition) is 1. The van der Waals surface area contributed by atoms with Gasteiger partial charge in [-0.3, -0.25) is 5.32 Å². The van der Waals surface area contributed by atoms with Crippen molar-refractivity contribution in [2.24, 2.45) is 0 Å². The number of fused-ring (bicyclic) bond motifs is 11. The van der Waals surface area contributed by atoms with Crippen molar-refractivity contribution in [3.63, 3.8) is 0 Å². The topological polar surface area (TPSA) is 20.2 Å². The highest BCUT2D eigenvalue weighted by atomic mass is 15.3. The van der Waals surface area contributed by atoms with Gasteiger partial charge in [-0.25, -0.2) is 0 Å². The molecule has 0 fully saturated rings. The summed E-state index contributed by atoms with van der Waals surface area (Å²) in [5.41, 5.74) is 14.2. The van der Waals surface area contributed by atoms with Crippen LogP contribution in [-0.2, 0) is 5.41 Å². The second kappa shape index (κ2) is 10.4. The molecule has 0 saturated carbocycles. The molecule has 0 radical (unpaired) electrons. The highest BCUT2D eigenvalue weighted by Crippen LogP contribution is 2.56. The van der Waals surface area contributed by atoms with Gasteiger partial charge in [0.25, 0.3) is 0 Å². The van der Waals surface area contributed by atoms with E-state index in [0.29, 0.717) is 0 Å². The Balaban J connectivity index is 1.23. The van der Waals surface area contributed by atoms with Crippen LogP contribution in [0.1, 0.15) is 42.3 Å². The summed E-state index contributed by atoms with van der Waals surface area (Å²) in [4.78, 5) is 2.41. The standard InChI is InChI=1S/C46H37N3/c1-46(2)37-25-12-9-22-34(37)40-41-36-24-11-14-27-39(36)49(44(41)33-21-8-7-20-32(33)42(40)46)31-19-15-18-30(28-31)45-47-38-26-13-10-23-35(38)43(48(45)3)29-16-5-4-6-17-29/h4-28,38,45,47H,1-3H3. The number of hydrogen-bond acceptors (Lipinski definition) is 2. The van der Waals surface area contributed by atoms with E-state index in [1.807, 2.05) is 0 Å². The van der Waals surface area contributed by atoms with Gasteiger partial charge < -0.3 is 9.47 Å². The molecule has 2 heterocycles. The molecule has 0 bridgehead atoms. The van der Waals surface area contributed by atoms with Gasteiger partial charge in [0.2, 0.25) is 0 Å². The minimum Gasteiger partial charge on any atom is -0.354 e. The third kappa shape index (κ3) is 3.94. The number of para-hydroxylation sites is 1. The monoisotopic (exact) mass is 631 g/mol. The minimum absolute atomic E-state index is 0.0122. The fourth-order valence-corrected chi connectivity index (χ4v) is 9.13. The van der Waals surface area contributed by atoms with Crippen molar-refractivity contribution in [3.8, 4) is 16.8 Å². The van der Waals surface area contributed by atoms with Gasteiger partial charge >= 0.3 is 0 Å². The second-order valence-electron chi connectivity index (χ2n) is 14.2. The lowest BCUT2D eigenvalue weighted by molar-refractivity contribution is 0.270. The highest BCUT2D eigenvalue weighted by Gasteiger charge is 2.39. The lowest BCUT2D eigenvalue weighted by Crippen LogP contribution is -2.46. The van der Waals surface area contributed by atoms with Crippen molar-refractivity contribution in [1.29, 1.82) is 0 Å². The molecule has 236 valence electrons. The second-order valence-corrected chi connectivity index (χ2v) is 14.2. The number of rotatable bonds is 3. The van der Waals surface area contributed by atoms with E-state index in [1.165, 1.54) is 82.9 Å². The molecule has 49 heavy (non-hydrogen) atoms. The number of aromatic nitrogens is 1. The van der Waals surface area contributed by atoms with Crippen molar-refractivity contribution < 1.29 is 0 Å². The summed E-state index contributed by atoms with van der Waals surface area (Å²) in [6.45, 7) is 4.79. The summed E-state index contributed by atoms with van der Waals surface area (Å²) >= 11 is 0. The summed E-state index contributed by atoms with van der Waals surface area (Å²) in [6, 6.07) is 47.2. The molecule has 2 unspecified atom stereocenters. The van der Waals surface area contributed by atoms with Gasteiger partial charge in [0, 0.05) is 34.3 Å². The maximum atomic E-state index is 3.97. The van der Waals surface area contributed by atoms with E-state index in [2.05, 4.69) is 187 Å². The van der Waals surface area contributed by atoms with E-state index in [0.717, 1.165) is 0 Å². The smallest absolute Gasteiger partial charge is 0.106 e. The zero-order valence-electron chi connectivity index (χ0n) is 28.0. The largest absolute Gasteiger partial charge is 0.354 e. The van der Waals surface area contributed by atoms with Crippen LogP contribution in [0.4, 0.5) is 0 Å². The molecule has 1 N–H and O–H groups in total. The lowest BCUT2D eigenvalue weighted by atomic mass is 9.79. The van der Waals surface area contributed by atoms with Crippen LogP contribution in [0, 0.1) is 0 Å². The van der Waals surface area contributed by atoms with Crippen molar-refractivity contribution in [2.45, 2.75) is 31.5 Å². The van der Waals surface area contributed by atoms with Gasteiger partial charge in [-0.05, 0) is 62.5 Å². The molecular weight excluding hydrogens is 595 g/mol. The quantitative estimate of drug-likeness (QED) is 0.209. The molecule has 3 heteroatoms. The van der Waals surface area contributed by atoms with Gasteiger partial charge in [0.05, 0.1) is 22.8 Å². The summed E-state index contributed by atoms with van der Waals surface area (Å²) in [6.07, 6.45) is 8.82. The average molecular weight is 632 g/mol. The first-order chi connectivity index (χ1) is 24.0. The molecule has 2 aliphatic carbocycles. The van der Waals surface area contributed by atoms with Gasteiger partial charge in [0.1, 0.15) is 6.17 Å². The van der Waals surface area contributed by atoms with Crippen LogP contribution in [0.5, 0.6) is 0 Å². The minimum atomic E-state index is -0.105. The number of nitrogens with one attached hydrogen (secondary N) is 1. The number of benzene rings is 6. The molecule has 3 aliphatic rings. The first-order valence-corrected chi connectivity index (χ1v) is 17.3. The van der Waals surface area contributed by atoms with E-state index in [9.17, 15) is 0 Å². The molecule has 1 aromatic heterocycles. The van der Waals surface area contributed by atoms with Crippen molar-refractivity contribution >= 4 is 38.3 Å². The Morgan fingerprint density at radius 3 is 2.29 bits per heavy atom. The molecule has 0 amide bonds. The average Bonchev–Trinajstić information content (AvgIpc) is 3.61. The third-order valence-electron chi connectivity index (χ3n) is 11.2. The first-order valence-electron chi connectivity index (χ1n) is 17.3. The van der Waals surface area contributed by atoms with Crippen molar-refractivity contribution in [1.82, 2.24) is 14.8 Å². The summed E-state index contributed by atoms with van der Waals surface area (Å²) < 4.78 is 2.52. The normalized spacial score (nSPS) is 19.1. The Morgan fingerprint density at radius 1 is 0.694 bits per heavy atom. The summed E-state index contributed by atoms with van der Waals surface area (Å²) in [7, 11) is 2.22. The molecule has 2 atom stereocenters. The van der Waals surface area contributed by atoms with Crippen LogP contribution >= 0.6 is 0 Å². The fraction of sp³-hybridized carbons (Fsp3) is 0.130. The summed E-state index contributed by atoms with van der Waals surface area (Å²) in [5.74, 6) is 0. The van der Waals surface area contributed by atoms with Crippen molar-refractivity contribution in [3.05, 3.63) is 180 Å².